The van der Waals surface area contributed by atoms with E-state index in [1.54, 1.807) is 12.0 Å². The number of fused-ring (bicyclic) bond motifs is 3. The van der Waals surface area contributed by atoms with E-state index in [1.807, 2.05) is 45.0 Å². The van der Waals surface area contributed by atoms with E-state index in [0.29, 0.717) is 23.9 Å². The van der Waals surface area contributed by atoms with Crippen LogP contribution in [0.2, 0.25) is 0 Å². The van der Waals surface area contributed by atoms with Gasteiger partial charge < -0.3 is 19.3 Å². The van der Waals surface area contributed by atoms with Gasteiger partial charge in [0.05, 0.1) is 12.3 Å². The summed E-state index contributed by atoms with van der Waals surface area (Å²) < 4.78 is 16.4. The molecule has 0 unspecified atom stereocenters. The number of aliphatic hydroxyl groups is 1. The molecule has 6 nitrogen and oxygen atoms in total. The summed E-state index contributed by atoms with van der Waals surface area (Å²) in [7, 11) is 1.54. The van der Waals surface area contributed by atoms with Gasteiger partial charge in [-0.05, 0) is 37.3 Å². The van der Waals surface area contributed by atoms with Crippen molar-refractivity contribution in [1.29, 1.82) is 0 Å². The van der Waals surface area contributed by atoms with Crippen LogP contribution in [0.4, 0.5) is 10.5 Å². The number of benzene rings is 2. The maximum atomic E-state index is 12.8. The second-order valence-corrected chi connectivity index (χ2v) is 8.11. The monoisotopic (exact) mass is 407 g/mol. The summed E-state index contributed by atoms with van der Waals surface area (Å²) in [5.41, 5.74) is 1.83. The fraction of sp³-hybridized carbons (Fsp3) is 0.476. The fourth-order valence-electron chi connectivity index (χ4n) is 3.57. The zero-order valence-electron chi connectivity index (χ0n) is 16.6. The highest BCUT2D eigenvalue weighted by Gasteiger charge is 2.37. The molecule has 1 heterocycles. The lowest BCUT2D eigenvalue weighted by Crippen LogP contribution is -2.36. The van der Waals surface area contributed by atoms with Crippen molar-refractivity contribution in [3.63, 3.8) is 0 Å². The standard InChI is InChI=1S/C21H26ClNO5/c1-21(2,3)28-20(25)23-10-14(9-22)18-15-7-5-6-13(11-24)19(15)17(8-16(18)23)27-12-26-4/h5-8,14,24H,9-12H2,1-4H3/t14-/m0/s1. The first kappa shape index (κ1) is 20.7. The summed E-state index contributed by atoms with van der Waals surface area (Å²) in [5.74, 6) is 0.865. The van der Waals surface area contributed by atoms with Gasteiger partial charge in [0.25, 0.3) is 0 Å². The molecule has 152 valence electrons. The molecule has 1 atom stereocenters. The number of hydrogen-bond acceptors (Lipinski definition) is 5. The van der Waals surface area contributed by atoms with E-state index in [0.717, 1.165) is 21.9 Å². The number of ether oxygens (including phenoxy) is 3. The lowest BCUT2D eigenvalue weighted by Gasteiger charge is -2.25. The average Bonchev–Trinajstić information content (AvgIpc) is 3.03. The Labute approximate surface area is 169 Å². The predicted molar refractivity (Wildman–Crippen MR) is 109 cm³/mol. The number of alkyl halides is 1. The number of nitrogens with zero attached hydrogens (tertiary/aromatic N) is 1. The molecule has 0 spiro atoms. The Kier molecular flexibility index (Phi) is 6.03. The molecule has 0 saturated carbocycles. The van der Waals surface area contributed by atoms with Crippen LogP contribution in [-0.4, -0.2) is 43.1 Å². The summed E-state index contributed by atoms with van der Waals surface area (Å²) in [5, 5.41) is 11.5. The molecule has 2 aromatic carbocycles. The van der Waals surface area contributed by atoms with Crippen molar-refractivity contribution < 1.29 is 24.1 Å². The van der Waals surface area contributed by atoms with Crippen molar-refractivity contribution in [3.8, 4) is 5.75 Å². The molecule has 0 aromatic heterocycles. The van der Waals surface area contributed by atoms with Crippen LogP contribution in [0.5, 0.6) is 5.75 Å². The highest BCUT2D eigenvalue weighted by Crippen LogP contribution is 2.46. The molecule has 0 fully saturated rings. The third-order valence-corrected chi connectivity index (χ3v) is 5.01. The second-order valence-electron chi connectivity index (χ2n) is 7.80. The number of halogens is 1. The Morgan fingerprint density at radius 3 is 2.71 bits per heavy atom. The predicted octanol–water partition coefficient (Wildman–Crippen LogP) is 4.39. The van der Waals surface area contributed by atoms with Gasteiger partial charge in [0.1, 0.15) is 11.4 Å². The Hall–Kier alpha value is -2.02. The minimum absolute atomic E-state index is 0.0443. The minimum Gasteiger partial charge on any atom is -0.467 e. The van der Waals surface area contributed by atoms with Crippen molar-refractivity contribution in [1.82, 2.24) is 0 Å². The van der Waals surface area contributed by atoms with E-state index in [1.165, 1.54) is 0 Å². The number of amides is 1. The van der Waals surface area contributed by atoms with Crippen molar-refractivity contribution in [2.75, 3.05) is 31.2 Å². The fourth-order valence-corrected chi connectivity index (χ4v) is 3.83. The van der Waals surface area contributed by atoms with Gasteiger partial charge in [-0.3, -0.25) is 4.90 Å². The lowest BCUT2D eigenvalue weighted by molar-refractivity contribution is 0.0521. The maximum Gasteiger partial charge on any atom is 0.414 e. The molecular formula is C21H26ClNO5. The van der Waals surface area contributed by atoms with Crippen LogP contribution in [0.15, 0.2) is 24.3 Å². The van der Waals surface area contributed by atoms with Crippen LogP contribution in [-0.2, 0) is 16.1 Å². The molecule has 0 radical (unpaired) electrons. The molecule has 7 heteroatoms. The van der Waals surface area contributed by atoms with Crippen LogP contribution >= 0.6 is 11.6 Å². The number of rotatable bonds is 5. The summed E-state index contributed by atoms with van der Waals surface area (Å²) >= 11 is 6.26. The smallest absolute Gasteiger partial charge is 0.414 e. The number of hydrogen-bond donors (Lipinski definition) is 1. The molecule has 0 saturated heterocycles. The van der Waals surface area contributed by atoms with Crippen molar-refractivity contribution in [2.45, 2.75) is 38.9 Å². The topological polar surface area (TPSA) is 68.2 Å². The molecule has 1 N–H and O–H groups in total. The first-order chi connectivity index (χ1) is 13.3. The van der Waals surface area contributed by atoms with E-state index < -0.39 is 11.7 Å². The maximum absolute atomic E-state index is 12.8. The van der Waals surface area contributed by atoms with Gasteiger partial charge in [0, 0.05) is 36.9 Å². The summed E-state index contributed by atoms with van der Waals surface area (Å²) in [6.07, 6.45) is -0.420. The Morgan fingerprint density at radius 1 is 1.36 bits per heavy atom. The van der Waals surface area contributed by atoms with E-state index in [2.05, 4.69) is 0 Å². The highest BCUT2D eigenvalue weighted by atomic mass is 35.5. The largest absolute Gasteiger partial charge is 0.467 e. The zero-order chi connectivity index (χ0) is 20.5. The van der Waals surface area contributed by atoms with Crippen LogP contribution in [0, 0.1) is 0 Å². The van der Waals surface area contributed by atoms with Crippen molar-refractivity contribution in [2.24, 2.45) is 0 Å². The van der Waals surface area contributed by atoms with Gasteiger partial charge >= 0.3 is 6.09 Å². The van der Waals surface area contributed by atoms with Crippen molar-refractivity contribution in [3.05, 3.63) is 35.4 Å². The normalized spacial score (nSPS) is 16.4. The second kappa shape index (κ2) is 8.15. The molecule has 1 aliphatic heterocycles. The average molecular weight is 408 g/mol. The van der Waals surface area contributed by atoms with Gasteiger partial charge in [-0.25, -0.2) is 4.79 Å². The van der Waals surface area contributed by atoms with Gasteiger partial charge in [-0.15, -0.1) is 11.6 Å². The molecular weight excluding hydrogens is 382 g/mol. The molecule has 0 aliphatic carbocycles. The number of aliphatic hydroxyl groups excluding tert-OH is 1. The van der Waals surface area contributed by atoms with E-state index in [9.17, 15) is 9.90 Å². The highest BCUT2D eigenvalue weighted by molar-refractivity contribution is 6.19. The minimum atomic E-state index is -0.605. The van der Waals surface area contributed by atoms with Crippen molar-refractivity contribution >= 4 is 34.2 Å². The Bertz CT molecular complexity index is 877. The molecule has 1 aliphatic rings. The van der Waals surface area contributed by atoms with Gasteiger partial charge in [-0.2, -0.15) is 0 Å². The molecule has 1 amide bonds. The first-order valence-electron chi connectivity index (χ1n) is 9.18. The third kappa shape index (κ3) is 3.90. The molecule has 0 bridgehead atoms. The van der Waals surface area contributed by atoms with Crippen LogP contribution in [0.3, 0.4) is 0 Å². The lowest BCUT2D eigenvalue weighted by atomic mass is 9.93. The van der Waals surface area contributed by atoms with Crippen LogP contribution in [0.25, 0.3) is 10.8 Å². The first-order valence-corrected chi connectivity index (χ1v) is 9.71. The Balaban J connectivity index is 2.20. The quantitative estimate of drug-likeness (QED) is 0.588. The number of methoxy groups -OCH3 is 1. The molecule has 3 rings (SSSR count). The Morgan fingerprint density at radius 2 is 2.11 bits per heavy atom. The van der Waals surface area contributed by atoms with Gasteiger partial charge in [0.15, 0.2) is 6.79 Å². The SMILES string of the molecule is COCOc1cc2c(c3cccc(CO)c13)[C@@H](CCl)CN2C(=O)OC(C)(C)C. The summed E-state index contributed by atoms with van der Waals surface area (Å²) in [6.45, 7) is 5.87. The molecule has 28 heavy (non-hydrogen) atoms. The van der Waals surface area contributed by atoms with Crippen LogP contribution < -0.4 is 9.64 Å². The zero-order valence-corrected chi connectivity index (χ0v) is 17.4. The van der Waals surface area contributed by atoms with Crippen LogP contribution in [0.1, 0.15) is 37.8 Å². The van der Waals surface area contributed by atoms with E-state index >= 15 is 0 Å². The van der Waals surface area contributed by atoms with E-state index in [4.69, 9.17) is 25.8 Å². The summed E-state index contributed by atoms with van der Waals surface area (Å²) in [4.78, 5) is 14.4. The van der Waals surface area contributed by atoms with Gasteiger partial charge in [-0.1, -0.05) is 18.2 Å². The van der Waals surface area contributed by atoms with E-state index in [-0.39, 0.29) is 19.3 Å². The third-order valence-electron chi connectivity index (χ3n) is 4.64. The summed E-state index contributed by atoms with van der Waals surface area (Å²) in [6, 6.07) is 7.51. The number of anilines is 1. The van der Waals surface area contributed by atoms with Gasteiger partial charge in [0.2, 0.25) is 0 Å². The molecule has 2 aromatic rings. The number of carbonyl (C=O) groups is 1. The number of carbonyl (C=O) groups excluding carboxylic acids is 1.